The molecule has 0 bridgehead atoms. The molecular formula is C21H15Cl2N3O2S. The Morgan fingerprint density at radius 2 is 1.79 bits per heavy atom. The number of halogens is 2. The van der Waals surface area contributed by atoms with Crippen molar-refractivity contribution in [1.29, 1.82) is 0 Å². The summed E-state index contributed by atoms with van der Waals surface area (Å²) in [5.74, 6) is -0.220. The molecule has 0 aliphatic carbocycles. The van der Waals surface area contributed by atoms with Crippen molar-refractivity contribution in [2.75, 3.05) is 5.32 Å². The van der Waals surface area contributed by atoms with E-state index in [-0.39, 0.29) is 10.6 Å². The van der Waals surface area contributed by atoms with Gasteiger partial charge in [0.1, 0.15) is 5.75 Å². The molecule has 3 rings (SSSR count). The Morgan fingerprint density at radius 1 is 1.00 bits per heavy atom. The molecule has 0 atom stereocenters. The van der Waals surface area contributed by atoms with Crippen molar-refractivity contribution in [2.24, 2.45) is 5.10 Å². The topological polar surface area (TPSA) is 62.7 Å². The molecular weight excluding hydrogens is 429 g/mol. The Labute approximate surface area is 183 Å². The van der Waals surface area contributed by atoms with Gasteiger partial charge in [-0.25, -0.2) is 4.79 Å². The maximum atomic E-state index is 12.3. The lowest BCUT2D eigenvalue weighted by molar-refractivity contribution is 0.0735. The van der Waals surface area contributed by atoms with Gasteiger partial charge in [-0.3, -0.25) is 5.43 Å². The molecule has 0 amide bonds. The molecule has 3 aromatic carbocycles. The summed E-state index contributed by atoms with van der Waals surface area (Å²) < 4.78 is 5.38. The summed E-state index contributed by atoms with van der Waals surface area (Å²) in [5.41, 5.74) is 4.53. The average Bonchev–Trinajstić information content (AvgIpc) is 2.69. The molecule has 146 valence electrons. The summed E-state index contributed by atoms with van der Waals surface area (Å²) >= 11 is 17.1. The zero-order valence-electron chi connectivity index (χ0n) is 14.9. The fraction of sp³-hybridized carbons (Fsp3) is 0. The summed E-state index contributed by atoms with van der Waals surface area (Å²) in [5, 5.41) is 8.11. The zero-order valence-corrected chi connectivity index (χ0v) is 17.3. The van der Waals surface area contributed by atoms with Crippen LogP contribution in [0.5, 0.6) is 5.75 Å². The van der Waals surface area contributed by atoms with Crippen LogP contribution < -0.4 is 15.5 Å². The second-order valence-corrected chi connectivity index (χ2v) is 7.03. The number of ether oxygens (including phenoxy) is 1. The Bertz CT molecular complexity index is 1060. The van der Waals surface area contributed by atoms with Gasteiger partial charge in [-0.15, -0.1) is 0 Å². The van der Waals surface area contributed by atoms with Crippen LogP contribution in [0.4, 0.5) is 5.69 Å². The third-order valence-corrected chi connectivity index (χ3v) is 4.37. The van der Waals surface area contributed by atoms with E-state index in [0.717, 1.165) is 5.69 Å². The molecule has 0 heterocycles. The van der Waals surface area contributed by atoms with Crippen LogP contribution in [0.3, 0.4) is 0 Å². The predicted octanol–water partition coefficient (Wildman–Crippen LogP) is 5.53. The molecule has 8 heteroatoms. The molecule has 0 saturated carbocycles. The van der Waals surface area contributed by atoms with Crippen LogP contribution in [0.15, 0.2) is 77.9 Å². The third-order valence-electron chi connectivity index (χ3n) is 3.63. The van der Waals surface area contributed by atoms with E-state index >= 15 is 0 Å². The highest BCUT2D eigenvalue weighted by Crippen LogP contribution is 2.23. The first-order chi connectivity index (χ1) is 14.0. The number of esters is 1. The molecule has 3 aromatic rings. The number of thiocarbonyl (C=S) groups is 1. The number of rotatable bonds is 5. The molecule has 0 aliphatic heterocycles. The predicted molar refractivity (Wildman–Crippen MR) is 121 cm³/mol. The normalized spacial score (nSPS) is 10.6. The van der Waals surface area contributed by atoms with E-state index in [1.54, 1.807) is 30.5 Å². The number of hydrogen-bond donors (Lipinski definition) is 2. The number of carbonyl (C=O) groups is 1. The number of carbonyl (C=O) groups excluding carboxylic acids is 1. The number of benzene rings is 3. The van der Waals surface area contributed by atoms with Crippen LogP contribution in [0.2, 0.25) is 10.0 Å². The van der Waals surface area contributed by atoms with Crippen molar-refractivity contribution in [3.63, 3.8) is 0 Å². The van der Waals surface area contributed by atoms with Gasteiger partial charge in [-0.1, -0.05) is 53.5 Å². The van der Waals surface area contributed by atoms with Crippen molar-refractivity contribution in [3.05, 3.63) is 94.0 Å². The smallest absolute Gasteiger partial charge is 0.345 e. The Balaban J connectivity index is 1.59. The number of hydrazone groups is 1. The van der Waals surface area contributed by atoms with Crippen molar-refractivity contribution in [1.82, 2.24) is 5.43 Å². The van der Waals surface area contributed by atoms with Gasteiger partial charge in [0.15, 0.2) is 5.11 Å². The van der Waals surface area contributed by atoms with E-state index in [1.807, 2.05) is 36.4 Å². The van der Waals surface area contributed by atoms with Crippen LogP contribution in [-0.2, 0) is 0 Å². The first-order valence-electron chi connectivity index (χ1n) is 8.44. The molecule has 29 heavy (non-hydrogen) atoms. The van der Waals surface area contributed by atoms with E-state index in [0.29, 0.717) is 21.4 Å². The van der Waals surface area contributed by atoms with E-state index in [1.165, 1.54) is 12.1 Å². The maximum Gasteiger partial charge on any atom is 0.345 e. The van der Waals surface area contributed by atoms with E-state index < -0.39 is 5.97 Å². The second-order valence-electron chi connectivity index (χ2n) is 5.78. The minimum Gasteiger partial charge on any atom is -0.423 e. The maximum absolute atomic E-state index is 12.3. The lowest BCUT2D eigenvalue weighted by Gasteiger charge is -2.07. The van der Waals surface area contributed by atoms with Gasteiger partial charge < -0.3 is 10.1 Å². The van der Waals surface area contributed by atoms with Crippen molar-refractivity contribution >= 4 is 58.4 Å². The summed E-state index contributed by atoms with van der Waals surface area (Å²) in [6.07, 6.45) is 1.56. The summed E-state index contributed by atoms with van der Waals surface area (Å²) in [6.45, 7) is 0. The van der Waals surface area contributed by atoms with E-state index in [2.05, 4.69) is 15.8 Å². The lowest BCUT2D eigenvalue weighted by Crippen LogP contribution is -2.23. The first-order valence-corrected chi connectivity index (χ1v) is 9.60. The number of para-hydroxylation sites is 1. The SMILES string of the molecule is O=C(Oc1cccc(/C=N/NC(=S)Nc2ccccc2)c1)c1ccc(Cl)cc1Cl. The van der Waals surface area contributed by atoms with E-state index in [4.69, 9.17) is 40.2 Å². The second kappa shape index (κ2) is 10.0. The molecule has 0 aromatic heterocycles. The number of nitrogens with one attached hydrogen (secondary N) is 2. The largest absolute Gasteiger partial charge is 0.423 e. The molecule has 2 N–H and O–H groups in total. The van der Waals surface area contributed by atoms with E-state index in [9.17, 15) is 4.79 Å². The fourth-order valence-electron chi connectivity index (χ4n) is 2.32. The standard InChI is InChI=1S/C21H15Cl2N3O2S/c22-15-9-10-18(19(23)12-15)20(27)28-17-8-4-5-14(11-17)13-24-26-21(29)25-16-6-2-1-3-7-16/h1-13H,(H2,25,26,29)/b24-13+. The zero-order chi connectivity index (χ0) is 20.6. The van der Waals surface area contributed by atoms with Crippen molar-refractivity contribution < 1.29 is 9.53 Å². The number of hydrogen-bond acceptors (Lipinski definition) is 4. The highest BCUT2D eigenvalue weighted by Gasteiger charge is 2.13. The highest BCUT2D eigenvalue weighted by molar-refractivity contribution is 7.80. The molecule has 0 unspecified atom stereocenters. The number of nitrogens with zero attached hydrogens (tertiary/aromatic N) is 1. The average molecular weight is 444 g/mol. The van der Waals surface area contributed by atoms with Gasteiger partial charge in [-0.2, -0.15) is 5.10 Å². The van der Waals surface area contributed by atoms with Gasteiger partial charge in [0, 0.05) is 10.7 Å². The molecule has 0 aliphatic rings. The highest BCUT2D eigenvalue weighted by atomic mass is 35.5. The van der Waals surface area contributed by atoms with Gasteiger partial charge >= 0.3 is 5.97 Å². The molecule has 0 radical (unpaired) electrons. The molecule has 0 saturated heterocycles. The van der Waals surface area contributed by atoms with Crippen LogP contribution >= 0.6 is 35.4 Å². The van der Waals surface area contributed by atoms with Crippen LogP contribution in [0.25, 0.3) is 0 Å². The quantitative estimate of drug-likeness (QED) is 0.178. The van der Waals surface area contributed by atoms with Crippen LogP contribution in [0, 0.1) is 0 Å². The fourth-order valence-corrected chi connectivity index (χ4v) is 2.98. The Morgan fingerprint density at radius 3 is 2.55 bits per heavy atom. The van der Waals surface area contributed by atoms with Crippen molar-refractivity contribution in [3.8, 4) is 5.75 Å². The summed E-state index contributed by atoms with van der Waals surface area (Å²) in [6, 6.07) is 21.0. The van der Waals surface area contributed by atoms with Gasteiger partial charge in [0.25, 0.3) is 0 Å². The summed E-state index contributed by atoms with van der Waals surface area (Å²) in [4.78, 5) is 12.3. The molecule has 0 spiro atoms. The van der Waals surface area contributed by atoms with Crippen molar-refractivity contribution in [2.45, 2.75) is 0 Å². The minimum atomic E-state index is -0.577. The lowest BCUT2D eigenvalue weighted by atomic mass is 10.2. The van der Waals surface area contributed by atoms with Gasteiger partial charge in [0.2, 0.25) is 0 Å². The minimum absolute atomic E-state index is 0.226. The van der Waals surface area contributed by atoms with Gasteiger partial charge in [0.05, 0.1) is 16.8 Å². The molecule has 5 nitrogen and oxygen atoms in total. The first kappa shape index (κ1) is 20.8. The van der Waals surface area contributed by atoms with Crippen LogP contribution in [-0.4, -0.2) is 17.3 Å². The Hall–Kier alpha value is -2.93. The van der Waals surface area contributed by atoms with Gasteiger partial charge in [-0.05, 0) is 60.2 Å². The summed E-state index contributed by atoms with van der Waals surface area (Å²) in [7, 11) is 0. The Kier molecular flexibility index (Phi) is 7.19. The van der Waals surface area contributed by atoms with Crippen LogP contribution in [0.1, 0.15) is 15.9 Å². The number of anilines is 1. The monoisotopic (exact) mass is 443 g/mol. The molecule has 0 fully saturated rings. The third kappa shape index (κ3) is 6.29.